The molecule has 0 spiro atoms. The number of aryl methyl sites for hydroxylation is 2. The zero-order valence-corrected chi connectivity index (χ0v) is 11.5. The molecular formula is C14H17N3S. The van der Waals surface area contributed by atoms with E-state index in [0.717, 1.165) is 22.2 Å². The van der Waals surface area contributed by atoms with Crippen LogP contribution in [0, 0.1) is 13.8 Å². The van der Waals surface area contributed by atoms with Crippen LogP contribution in [-0.2, 0) is 12.3 Å². The molecule has 0 aliphatic carbocycles. The van der Waals surface area contributed by atoms with Crippen LogP contribution >= 0.6 is 11.8 Å². The molecule has 0 aliphatic rings. The predicted octanol–water partition coefficient (Wildman–Crippen LogP) is 2.84. The lowest BCUT2D eigenvalue weighted by Crippen LogP contribution is -1.99. The molecule has 18 heavy (non-hydrogen) atoms. The maximum absolute atomic E-state index is 5.58. The summed E-state index contributed by atoms with van der Waals surface area (Å²) in [5.74, 6) is 0.894. The highest BCUT2D eigenvalue weighted by Gasteiger charge is 2.01. The van der Waals surface area contributed by atoms with E-state index < -0.39 is 0 Å². The van der Waals surface area contributed by atoms with E-state index in [9.17, 15) is 0 Å². The van der Waals surface area contributed by atoms with E-state index in [1.807, 2.05) is 19.2 Å². The third-order valence-electron chi connectivity index (χ3n) is 2.55. The highest BCUT2D eigenvalue weighted by atomic mass is 32.2. The van der Waals surface area contributed by atoms with Crippen LogP contribution in [0.15, 0.2) is 35.5 Å². The second-order valence-electron chi connectivity index (χ2n) is 4.27. The Kier molecular flexibility index (Phi) is 4.33. The Hall–Kier alpha value is -1.39. The Labute approximate surface area is 112 Å². The highest BCUT2D eigenvalue weighted by molar-refractivity contribution is 7.98. The van der Waals surface area contributed by atoms with Gasteiger partial charge in [0.05, 0.1) is 10.7 Å². The van der Waals surface area contributed by atoms with E-state index in [1.165, 1.54) is 11.1 Å². The van der Waals surface area contributed by atoms with E-state index >= 15 is 0 Å². The second kappa shape index (κ2) is 5.98. The molecular weight excluding hydrogens is 242 g/mol. The number of nitrogens with zero attached hydrogens (tertiary/aromatic N) is 2. The first-order valence-electron chi connectivity index (χ1n) is 5.89. The van der Waals surface area contributed by atoms with Gasteiger partial charge in [0.2, 0.25) is 0 Å². The molecule has 0 unspecified atom stereocenters. The quantitative estimate of drug-likeness (QED) is 0.858. The van der Waals surface area contributed by atoms with Gasteiger partial charge in [-0.2, -0.15) is 0 Å². The van der Waals surface area contributed by atoms with Gasteiger partial charge in [-0.3, -0.25) is 4.98 Å². The summed E-state index contributed by atoms with van der Waals surface area (Å²) in [6, 6.07) is 8.27. The summed E-state index contributed by atoms with van der Waals surface area (Å²) in [6.45, 7) is 4.61. The van der Waals surface area contributed by atoms with E-state index in [1.54, 1.807) is 11.8 Å². The van der Waals surface area contributed by atoms with Gasteiger partial charge in [-0.25, -0.2) is 4.98 Å². The molecule has 2 rings (SSSR count). The van der Waals surface area contributed by atoms with E-state index in [4.69, 9.17) is 5.73 Å². The fourth-order valence-electron chi connectivity index (χ4n) is 1.77. The van der Waals surface area contributed by atoms with Gasteiger partial charge in [-0.15, -0.1) is 11.8 Å². The van der Waals surface area contributed by atoms with Crippen LogP contribution < -0.4 is 5.73 Å². The van der Waals surface area contributed by atoms with Crippen molar-refractivity contribution in [3.05, 3.63) is 53.0 Å². The molecule has 0 saturated carbocycles. The summed E-state index contributed by atoms with van der Waals surface area (Å²) in [6.07, 6.45) is 1.81. The van der Waals surface area contributed by atoms with Crippen LogP contribution in [0.4, 0.5) is 0 Å². The van der Waals surface area contributed by atoms with Crippen molar-refractivity contribution >= 4 is 11.8 Å². The first-order valence-corrected chi connectivity index (χ1v) is 6.88. The summed E-state index contributed by atoms with van der Waals surface area (Å²) in [7, 11) is 0. The number of hydrogen-bond donors (Lipinski definition) is 1. The SMILES string of the molecule is Cc1cc(C)nc(SCc2ccnc(CN)c2)c1. The number of thioether (sulfide) groups is 1. The number of nitrogens with two attached hydrogens (primary N) is 1. The van der Waals surface area contributed by atoms with Crippen molar-refractivity contribution in [1.29, 1.82) is 0 Å². The van der Waals surface area contributed by atoms with Gasteiger partial charge in [-0.1, -0.05) is 0 Å². The standard InChI is InChI=1S/C14H17N3S/c1-10-5-11(2)17-14(6-10)18-9-12-3-4-16-13(7-12)8-15/h3-7H,8-9,15H2,1-2H3. The van der Waals surface area contributed by atoms with E-state index in [0.29, 0.717) is 6.54 Å². The second-order valence-corrected chi connectivity index (χ2v) is 5.27. The van der Waals surface area contributed by atoms with Gasteiger partial charge in [0, 0.05) is 24.2 Å². The molecule has 0 fully saturated rings. The van der Waals surface area contributed by atoms with Gasteiger partial charge < -0.3 is 5.73 Å². The van der Waals surface area contributed by atoms with Crippen molar-refractivity contribution in [2.24, 2.45) is 5.73 Å². The first-order chi connectivity index (χ1) is 8.67. The predicted molar refractivity (Wildman–Crippen MR) is 75.4 cm³/mol. The topological polar surface area (TPSA) is 51.8 Å². The minimum absolute atomic E-state index is 0.486. The van der Waals surface area contributed by atoms with E-state index in [2.05, 4.69) is 35.1 Å². The maximum atomic E-state index is 5.58. The molecule has 3 nitrogen and oxygen atoms in total. The molecule has 2 heterocycles. The lowest BCUT2D eigenvalue weighted by molar-refractivity contribution is 0.982. The zero-order valence-electron chi connectivity index (χ0n) is 10.7. The van der Waals surface area contributed by atoms with Gasteiger partial charge in [0.15, 0.2) is 0 Å². The minimum Gasteiger partial charge on any atom is -0.325 e. The molecule has 94 valence electrons. The molecule has 0 radical (unpaired) electrons. The van der Waals surface area contributed by atoms with Gasteiger partial charge >= 0.3 is 0 Å². The lowest BCUT2D eigenvalue weighted by Gasteiger charge is -2.05. The molecule has 0 bridgehead atoms. The van der Waals surface area contributed by atoms with Crippen LogP contribution in [0.25, 0.3) is 0 Å². The summed E-state index contributed by atoms with van der Waals surface area (Å²) in [5.41, 5.74) is 10.1. The molecule has 2 N–H and O–H groups in total. The van der Waals surface area contributed by atoms with Crippen molar-refractivity contribution < 1.29 is 0 Å². The van der Waals surface area contributed by atoms with Crippen molar-refractivity contribution in [1.82, 2.24) is 9.97 Å². The third kappa shape index (κ3) is 3.55. The summed E-state index contributed by atoms with van der Waals surface area (Å²) < 4.78 is 0. The molecule has 0 atom stereocenters. The number of rotatable bonds is 4. The third-order valence-corrected chi connectivity index (χ3v) is 3.53. The fourth-order valence-corrected chi connectivity index (χ4v) is 2.74. The largest absolute Gasteiger partial charge is 0.325 e. The van der Waals surface area contributed by atoms with Crippen LogP contribution in [0.3, 0.4) is 0 Å². The highest BCUT2D eigenvalue weighted by Crippen LogP contribution is 2.22. The Balaban J connectivity index is 2.06. The van der Waals surface area contributed by atoms with Crippen molar-refractivity contribution in [2.75, 3.05) is 0 Å². The van der Waals surface area contributed by atoms with Crippen LogP contribution in [-0.4, -0.2) is 9.97 Å². The van der Waals surface area contributed by atoms with Gasteiger partial charge in [-0.05, 0) is 49.2 Å². The number of aromatic nitrogens is 2. The Morgan fingerprint density at radius 3 is 2.78 bits per heavy atom. The zero-order chi connectivity index (χ0) is 13.0. The lowest BCUT2D eigenvalue weighted by atomic mass is 10.2. The molecule has 0 aliphatic heterocycles. The van der Waals surface area contributed by atoms with Crippen LogP contribution in [0.5, 0.6) is 0 Å². The van der Waals surface area contributed by atoms with Crippen LogP contribution in [0.1, 0.15) is 22.5 Å². The molecule has 0 saturated heterocycles. The molecule has 4 heteroatoms. The molecule has 2 aromatic heterocycles. The van der Waals surface area contributed by atoms with Crippen molar-refractivity contribution in [3.8, 4) is 0 Å². The van der Waals surface area contributed by atoms with E-state index in [-0.39, 0.29) is 0 Å². The molecule has 0 amide bonds. The van der Waals surface area contributed by atoms with Gasteiger partial charge in [0.1, 0.15) is 0 Å². The van der Waals surface area contributed by atoms with Gasteiger partial charge in [0.25, 0.3) is 0 Å². The van der Waals surface area contributed by atoms with Crippen LogP contribution in [0.2, 0.25) is 0 Å². The first kappa shape index (κ1) is 13.1. The average Bonchev–Trinajstić information content (AvgIpc) is 2.35. The summed E-state index contributed by atoms with van der Waals surface area (Å²) in [5, 5.41) is 1.07. The minimum atomic E-state index is 0.486. The molecule has 2 aromatic rings. The summed E-state index contributed by atoms with van der Waals surface area (Å²) >= 11 is 1.74. The number of hydrogen-bond acceptors (Lipinski definition) is 4. The average molecular weight is 259 g/mol. The van der Waals surface area contributed by atoms with Crippen molar-refractivity contribution in [3.63, 3.8) is 0 Å². The smallest absolute Gasteiger partial charge is 0.0968 e. The fraction of sp³-hybridized carbons (Fsp3) is 0.286. The van der Waals surface area contributed by atoms with Crippen molar-refractivity contribution in [2.45, 2.75) is 31.2 Å². The Morgan fingerprint density at radius 2 is 2.06 bits per heavy atom. The maximum Gasteiger partial charge on any atom is 0.0968 e. The Bertz CT molecular complexity index is 520. The molecule has 0 aromatic carbocycles. The Morgan fingerprint density at radius 1 is 1.22 bits per heavy atom. The monoisotopic (exact) mass is 259 g/mol. The summed E-state index contributed by atoms with van der Waals surface area (Å²) in [4.78, 5) is 8.71. The number of pyridine rings is 2. The normalized spacial score (nSPS) is 10.6.